The highest BCUT2D eigenvalue weighted by Gasteiger charge is 2.27. The monoisotopic (exact) mass is 267 g/mol. The zero-order valence-electron chi connectivity index (χ0n) is 10.7. The second-order valence-electron chi connectivity index (χ2n) is 4.39. The minimum absolute atomic E-state index is 0.0178. The Kier molecular flexibility index (Phi) is 4.13. The number of nitro groups is 1. The van der Waals surface area contributed by atoms with E-state index in [1.807, 2.05) is 4.90 Å². The van der Waals surface area contributed by atoms with Crippen LogP contribution in [0.4, 0.5) is 17.3 Å². The first kappa shape index (κ1) is 13.5. The lowest BCUT2D eigenvalue weighted by Crippen LogP contribution is -2.40. The fourth-order valence-electron chi connectivity index (χ4n) is 2.22. The molecule has 1 aliphatic heterocycles. The van der Waals surface area contributed by atoms with Crippen molar-refractivity contribution in [2.45, 2.75) is 18.9 Å². The molecule has 2 rings (SSSR count). The molecule has 8 heteroatoms. The molecule has 0 spiro atoms. The van der Waals surface area contributed by atoms with E-state index in [4.69, 9.17) is 10.6 Å². The summed E-state index contributed by atoms with van der Waals surface area (Å²) in [6, 6.07) is 2.90. The normalized spacial score (nSPS) is 19.3. The maximum absolute atomic E-state index is 11.1. The van der Waals surface area contributed by atoms with E-state index < -0.39 is 4.92 Å². The van der Waals surface area contributed by atoms with Gasteiger partial charge in [-0.15, -0.1) is 0 Å². The molecular weight excluding hydrogens is 250 g/mol. The fourth-order valence-corrected chi connectivity index (χ4v) is 2.22. The molecule has 1 unspecified atom stereocenters. The highest BCUT2D eigenvalue weighted by molar-refractivity contribution is 5.61. The Morgan fingerprint density at radius 1 is 1.63 bits per heavy atom. The van der Waals surface area contributed by atoms with Gasteiger partial charge in [0, 0.05) is 26.3 Å². The van der Waals surface area contributed by atoms with Gasteiger partial charge >= 0.3 is 5.69 Å². The smallest absolute Gasteiger partial charge is 0.311 e. The van der Waals surface area contributed by atoms with Crippen LogP contribution in [-0.4, -0.2) is 36.2 Å². The number of hydrazine groups is 1. The average Bonchev–Trinajstić information content (AvgIpc) is 2.46. The topological polar surface area (TPSA) is 107 Å². The Labute approximate surface area is 110 Å². The van der Waals surface area contributed by atoms with Crippen LogP contribution < -0.4 is 16.2 Å². The summed E-state index contributed by atoms with van der Waals surface area (Å²) < 4.78 is 5.32. The van der Waals surface area contributed by atoms with E-state index in [0.29, 0.717) is 18.2 Å². The van der Waals surface area contributed by atoms with Crippen LogP contribution in [0.25, 0.3) is 0 Å². The van der Waals surface area contributed by atoms with Crippen molar-refractivity contribution in [1.29, 1.82) is 0 Å². The Bertz CT molecular complexity index is 468. The summed E-state index contributed by atoms with van der Waals surface area (Å²) in [4.78, 5) is 16.7. The van der Waals surface area contributed by atoms with Crippen LogP contribution in [-0.2, 0) is 4.74 Å². The third-order valence-corrected chi connectivity index (χ3v) is 3.21. The number of nitrogens with two attached hydrogens (primary N) is 1. The number of aromatic nitrogens is 1. The van der Waals surface area contributed by atoms with Gasteiger partial charge in [-0.1, -0.05) is 0 Å². The molecule has 1 aromatic heterocycles. The molecule has 3 N–H and O–H groups in total. The average molecular weight is 267 g/mol. The second-order valence-corrected chi connectivity index (χ2v) is 4.39. The number of pyridine rings is 1. The van der Waals surface area contributed by atoms with Crippen LogP contribution in [0.2, 0.25) is 0 Å². The third kappa shape index (κ3) is 2.91. The van der Waals surface area contributed by atoms with Crippen molar-refractivity contribution >= 4 is 17.3 Å². The minimum atomic E-state index is -0.432. The van der Waals surface area contributed by atoms with Crippen LogP contribution in [0.15, 0.2) is 12.1 Å². The van der Waals surface area contributed by atoms with Gasteiger partial charge in [-0.05, 0) is 18.9 Å². The number of hydrogen-bond donors (Lipinski definition) is 2. The highest BCUT2D eigenvalue weighted by atomic mass is 16.6. The Hall–Kier alpha value is -1.93. The lowest BCUT2D eigenvalue weighted by molar-refractivity contribution is -0.384. The van der Waals surface area contributed by atoms with Gasteiger partial charge in [0.25, 0.3) is 0 Å². The van der Waals surface area contributed by atoms with E-state index in [2.05, 4.69) is 10.4 Å². The second kappa shape index (κ2) is 5.81. The van der Waals surface area contributed by atoms with Crippen LogP contribution in [0, 0.1) is 10.1 Å². The minimum Gasteiger partial charge on any atom is -0.380 e. The van der Waals surface area contributed by atoms with Crippen molar-refractivity contribution in [3.05, 3.63) is 22.2 Å². The summed E-state index contributed by atoms with van der Waals surface area (Å²) >= 11 is 0. The molecule has 0 aromatic carbocycles. The maximum atomic E-state index is 11.1. The van der Waals surface area contributed by atoms with Crippen molar-refractivity contribution in [2.75, 3.05) is 30.5 Å². The molecule has 1 aromatic rings. The molecule has 1 aliphatic rings. The molecule has 2 heterocycles. The molecular formula is C11H17N5O3. The van der Waals surface area contributed by atoms with E-state index in [1.165, 1.54) is 12.1 Å². The summed E-state index contributed by atoms with van der Waals surface area (Å²) in [5.74, 6) is 6.04. The lowest BCUT2D eigenvalue weighted by atomic mass is 10.1. The summed E-state index contributed by atoms with van der Waals surface area (Å²) in [5.41, 5.74) is 2.39. The number of piperidine rings is 1. The SMILES string of the molecule is COC1CCCN(c2nc(NN)ccc2[N+](=O)[O-])C1. The van der Waals surface area contributed by atoms with Crippen molar-refractivity contribution < 1.29 is 9.66 Å². The standard InChI is InChI=1S/C11H17N5O3/c1-19-8-3-2-6-15(7-8)11-9(16(17)18)4-5-10(13-11)14-12/h4-5,8H,2-3,6-7,12H2,1H3,(H,13,14). The number of ether oxygens (including phenoxy) is 1. The van der Waals surface area contributed by atoms with E-state index in [1.54, 1.807) is 7.11 Å². The summed E-state index contributed by atoms with van der Waals surface area (Å²) in [6.45, 7) is 1.32. The molecule has 0 aliphatic carbocycles. The third-order valence-electron chi connectivity index (χ3n) is 3.21. The van der Waals surface area contributed by atoms with Crippen molar-refractivity contribution in [2.24, 2.45) is 5.84 Å². The molecule has 0 bridgehead atoms. The van der Waals surface area contributed by atoms with Crippen LogP contribution >= 0.6 is 0 Å². The van der Waals surface area contributed by atoms with Gasteiger partial charge in [0.15, 0.2) is 0 Å². The first-order valence-corrected chi connectivity index (χ1v) is 6.05. The van der Waals surface area contributed by atoms with Gasteiger partial charge in [0.05, 0.1) is 11.0 Å². The predicted molar refractivity (Wildman–Crippen MR) is 70.9 cm³/mol. The molecule has 1 atom stereocenters. The van der Waals surface area contributed by atoms with Gasteiger partial charge in [0.2, 0.25) is 5.82 Å². The van der Waals surface area contributed by atoms with Crippen molar-refractivity contribution in [3.63, 3.8) is 0 Å². The Morgan fingerprint density at radius 3 is 3.05 bits per heavy atom. The fraction of sp³-hybridized carbons (Fsp3) is 0.545. The first-order chi connectivity index (χ1) is 9.15. The van der Waals surface area contributed by atoms with E-state index in [-0.39, 0.29) is 11.8 Å². The van der Waals surface area contributed by atoms with Crippen LogP contribution in [0.1, 0.15) is 12.8 Å². The number of hydrogen-bond acceptors (Lipinski definition) is 7. The largest absolute Gasteiger partial charge is 0.380 e. The van der Waals surface area contributed by atoms with Gasteiger partial charge < -0.3 is 15.1 Å². The molecule has 1 saturated heterocycles. The number of nitrogen functional groups attached to an aromatic ring is 1. The number of nitrogens with zero attached hydrogens (tertiary/aromatic N) is 3. The van der Waals surface area contributed by atoms with Crippen LogP contribution in [0.5, 0.6) is 0 Å². The summed E-state index contributed by atoms with van der Waals surface area (Å²) in [6.07, 6.45) is 1.94. The first-order valence-electron chi connectivity index (χ1n) is 6.05. The quantitative estimate of drug-likeness (QED) is 0.474. The molecule has 8 nitrogen and oxygen atoms in total. The predicted octanol–water partition coefficient (Wildman–Crippen LogP) is 0.891. The number of methoxy groups -OCH3 is 1. The zero-order valence-corrected chi connectivity index (χ0v) is 10.7. The maximum Gasteiger partial charge on any atom is 0.311 e. The van der Waals surface area contributed by atoms with E-state index in [9.17, 15) is 10.1 Å². The van der Waals surface area contributed by atoms with Gasteiger partial charge in [-0.25, -0.2) is 10.8 Å². The summed E-state index contributed by atoms with van der Waals surface area (Å²) in [7, 11) is 1.65. The van der Waals surface area contributed by atoms with Gasteiger partial charge in [-0.2, -0.15) is 0 Å². The summed E-state index contributed by atoms with van der Waals surface area (Å²) in [5, 5.41) is 11.1. The van der Waals surface area contributed by atoms with Gasteiger partial charge in [0.1, 0.15) is 5.82 Å². The molecule has 1 fully saturated rings. The number of anilines is 2. The Morgan fingerprint density at radius 2 is 2.42 bits per heavy atom. The Balaban J connectivity index is 2.32. The molecule has 0 radical (unpaired) electrons. The van der Waals surface area contributed by atoms with Crippen molar-refractivity contribution in [3.8, 4) is 0 Å². The molecule has 0 amide bonds. The van der Waals surface area contributed by atoms with Crippen LogP contribution in [0.3, 0.4) is 0 Å². The number of rotatable bonds is 4. The number of nitrogens with one attached hydrogen (secondary N) is 1. The van der Waals surface area contributed by atoms with Crippen molar-refractivity contribution in [1.82, 2.24) is 4.98 Å². The molecule has 0 saturated carbocycles. The molecule has 19 heavy (non-hydrogen) atoms. The molecule has 104 valence electrons. The lowest BCUT2D eigenvalue weighted by Gasteiger charge is -2.32. The van der Waals surface area contributed by atoms with Gasteiger partial charge in [-0.3, -0.25) is 10.1 Å². The van der Waals surface area contributed by atoms with E-state index >= 15 is 0 Å². The van der Waals surface area contributed by atoms with E-state index in [0.717, 1.165) is 19.4 Å². The zero-order chi connectivity index (χ0) is 13.8. The highest BCUT2D eigenvalue weighted by Crippen LogP contribution is 2.30.